The minimum absolute atomic E-state index is 0.148. The van der Waals surface area contributed by atoms with Gasteiger partial charge in [-0.2, -0.15) is 9.40 Å². The van der Waals surface area contributed by atoms with Crippen molar-refractivity contribution >= 4 is 21.7 Å². The number of nitrogens with zero attached hydrogens (tertiary/aromatic N) is 3. The van der Waals surface area contributed by atoms with Crippen LogP contribution in [-0.2, 0) is 27.3 Å². The predicted octanol–water partition coefficient (Wildman–Crippen LogP) is 3.15. The number of amides is 1. The molecule has 0 unspecified atom stereocenters. The topological polar surface area (TPSA) is 84.3 Å². The first-order chi connectivity index (χ1) is 13.1. The van der Waals surface area contributed by atoms with Gasteiger partial charge in [0.1, 0.15) is 5.82 Å². The molecule has 0 aliphatic heterocycles. The molecule has 0 fully saturated rings. The zero-order valence-electron chi connectivity index (χ0n) is 17.3. The molecule has 0 atom stereocenters. The molecule has 1 aromatic heterocycles. The van der Waals surface area contributed by atoms with E-state index in [0.717, 1.165) is 12.1 Å². The summed E-state index contributed by atoms with van der Waals surface area (Å²) in [5.74, 6) is 0.154. The number of carbonyl (C=O) groups is 1. The number of benzene rings is 1. The number of carbonyl (C=O) groups excluding carboxylic acids is 1. The van der Waals surface area contributed by atoms with Gasteiger partial charge in [-0.1, -0.05) is 52.3 Å². The maximum Gasteiger partial charge on any atom is 0.243 e. The molecule has 0 aliphatic rings. The van der Waals surface area contributed by atoms with Crippen molar-refractivity contribution in [1.82, 2.24) is 14.1 Å². The Bertz CT molecular complexity index is 899. The first-order valence-corrected chi connectivity index (χ1v) is 10.9. The first kappa shape index (κ1) is 22.1. The van der Waals surface area contributed by atoms with E-state index in [2.05, 4.69) is 10.4 Å². The van der Waals surface area contributed by atoms with E-state index in [0.29, 0.717) is 18.8 Å². The van der Waals surface area contributed by atoms with E-state index >= 15 is 0 Å². The summed E-state index contributed by atoms with van der Waals surface area (Å²) in [6, 6.07) is 10.0. The van der Waals surface area contributed by atoms with Crippen molar-refractivity contribution in [3.63, 3.8) is 0 Å². The fourth-order valence-electron chi connectivity index (χ4n) is 2.65. The average Bonchev–Trinajstić information content (AvgIpc) is 3.00. The lowest BCUT2D eigenvalue weighted by Crippen LogP contribution is -2.38. The Kier molecular flexibility index (Phi) is 7.01. The van der Waals surface area contributed by atoms with E-state index in [1.54, 1.807) is 42.1 Å². The number of hydrogen-bond acceptors (Lipinski definition) is 4. The van der Waals surface area contributed by atoms with Crippen LogP contribution in [-0.4, -0.2) is 41.5 Å². The maximum absolute atomic E-state index is 13.0. The number of unbranched alkanes of at least 4 members (excludes halogenated alkanes) is 1. The molecule has 1 N–H and O–H groups in total. The van der Waals surface area contributed by atoms with E-state index in [-0.39, 0.29) is 22.8 Å². The second kappa shape index (κ2) is 8.87. The quantitative estimate of drug-likeness (QED) is 0.730. The first-order valence-electron chi connectivity index (χ1n) is 9.45. The standard InChI is InChI=1S/C20H30N4O3S/c1-6-7-13-24(28(26,27)16-11-9-8-10-12-16)15-19(25)21-18-14-17(20(2,3)4)22-23(18)5/h8-12,14H,6-7,13,15H2,1-5H3,(H,21,25). The van der Waals surface area contributed by atoms with Crippen LogP contribution >= 0.6 is 0 Å². The Hall–Kier alpha value is -2.19. The van der Waals surface area contributed by atoms with Gasteiger partial charge in [0.2, 0.25) is 15.9 Å². The van der Waals surface area contributed by atoms with E-state index in [9.17, 15) is 13.2 Å². The zero-order valence-corrected chi connectivity index (χ0v) is 18.1. The summed E-state index contributed by atoms with van der Waals surface area (Å²) in [5, 5.41) is 7.22. The lowest BCUT2D eigenvalue weighted by molar-refractivity contribution is -0.116. The van der Waals surface area contributed by atoms with Crippen molar-refractivity contribution < 1.29 is 13.2 Å². The molecule has 0 spiro atoms. The average molecular weight is 407 g/mol. The van der Waals surface area contributed by atoms with Gasteiger partial charge in [-0.05, 0) is 18.6 Å². The molecular formula is C20H30N4O3S. The highest BCUT2D eigenvalue weighted by Crippen LogP contribution is 2.23. The number of anilines is 1. The highest BCUT2D eigenvalue weighted by Gasteiger charge is 2.27. The second-order valence-electron chi connectivity index (χ2n) is 7.84. The maximum atomic E-state index is 13.0. The monoisotopic (exact) mass is 406 g/mol. The van der Waals surface area contributed by atoms with Crippen LogP contribution in [0.4, 0.5) is 5.82 Å². The van der Waals surface area contributed by atoms with Gasteiger partial charge in [0.05, 0.1) is 17.1 Å². The number of aromatic nitrogens is 2. The van der Waals surface area contributed by atoms with Gasteiger partial charge in [-0.15, -0.1) is 0 Å². The molecule has 154 valence electrons. The third-order valence-electron chi connectivity index (χ3n) is 4.38. The molecule has 0 aliphatic carbocycles. The summed E-state index contributed by atoms with van der Waals surface area (Å²) in [7, 11) is -1.99. The summed E-state index contributed by atoms with van der Waals surface area (Å²) < 4.78 is 28.8. The molecule has 1 amide bonds. The minimum atomic E-state index is -3.74. The molecule has 1 aromatic carbocycles. The van der Waals surface area contributed by atoms with E-state index in [4.69, 9.17) is 0 Å². The second-order valence-corrected chi connectivity index (χ2v) is 9.78. The molecule has 2 aromatic rings. The smallest absolute Gasteiger partial charge is 0.243 e. The Labute approximate surface area is 167 Å². The van der Waals surface area contributed by atoms with Crippen molar-refractivity contribution in [2.45, 2.75) is 50.8 Å². The van der Waals surface area contributed by atoms with Crippen LogP contribution in [0.25, 0.3) is 0 Å². The Morgan fingerprint density at radius 1 is 1.21 bits per heavy atom. The van der Waals surface area contributed by atoms with Crippen molar-refractivity contribution in [2.24, 2.45) is 7.05 Å². The highest BCUT2D eigenvalue weighted by atomic mass is 32.2. The lowest BCUT2D eigenvalue weighted by atomic mass is 9.92. The van der Waals surface area contributed by atoms with Crippen LogP contribution in [0.5, 0.6) is 0 Å². The summed E-state index contributed by atoms with van der Waals surface area (Å²) in [6.45, 7) is 8.16. The predicted molar refractivity (Wildman–Crippen MR) is 111 cm³/mol. The molecule has 0 bridgehead atoms. The minimum Gasteiger partial charge on any atom is -0.310 e. The van der Waals surface area contributed by atoms with Crippen LogP contribution in [0.3, 0.4) is 0 Å². The van der Waals surface area contributed by atoms with Crippen molar-refractivity contribution in [3.05, 3.63) is 42.1 Å². The number of rotatable bonds is 8. The van der Waals surface area contributed by atoms with Crippen molar-refractivity contribution in [2.75, 3.05) is 18.4 Å². The molecule has 0 saturated carbocycles. The van der Waals surface area contributed by atoms with Crippen molar-refractivity contribution in [1.29, 1.82) is 0 Å². The Morgan fingerprint density at radius 3 is 2.39 bits per heavy atom. The number of nitrogens with one attached hydrogen (secondary N) is 1. The molecule has 0 radical (unpaired) electrons. The summed E-state index contributed by atoms with van der Waals surface area (Å²) in [4.78, 5) is 12.8. The van der Waals surface area contributed by atoms with Gasteiger partial charge >= 0.3 is 0 Å². The number of hydrogen-bond donors (Lipinski definition) is 1. The molecule has 0 saturated heterocycles. The fraction of sp³-hybridized carbons (Fsp3) is 0.500. The van der Waals surface area contributed by atoms with Gasteiger partial charge < -0.3 is 5.32 Å². The van der Waals surface area contributed by atoms with Crippen LogP contribution in [0.1, 0.15) is 46.2 Å². The molecule has 1 heterocycles. The Morgan fingerprint density at radius 2 is 1.86 bits per heavy atom. The SMILES string of the molecule is CCCCN(CC(=O)Nc1cc(C(C)(C)C)nn1C)S(=O)(=O)c1ccccc1. The Balaban J connectivity index is 2.19. The van der Waals surface area contributed by atoms with E-state index < -0.39 is 10.0 Å². The van der Waals surface area contributed by atoms with Crippen LogP contribution in [0.15, 0.2) is 41.3 Å². The number of aryl methyl sites for hydroxylation is 1. The molecule has 28 heavy (non-hydrogen) atoms. The third-order valence-corrected chi connectivity index (χ3v) is 6.24. The normalized spacial score (nSPS) is 12.4. The van der Waals surface area contributed by atoms with E-state index in [1.165, 1.54) is 4.31 Å². The fourth-order valence-corrected chi connectivity index (χ4v) is 4.11. The van der Waals surface area contributed by atoms with Crippen LogP contribution < -0.4 is 5.32 Å². The summed E-state index contributed by atoms with van der Waals surface area (Å²) in [6.07, 6.45) is 1.51. The number of sulfonamides is 1. The van der Waals surface area contributed by atoms with Crippen LogP contribution in [0, 0.1) is 0 Å². The molecule has 2 rings (SSSR count). The third kappa shape index (κ3) is 5.42. The molecular weight excluding hydrogens is 376 g/mol. The highest BCUT2D eigenvalue weighted by molar-refractivity contribution is 7.89. The molecule has 7 nitrogen and oxygen atoms in total. The van der Waals surface area contributed by atoms with Gasteiger partial charge in [0.15, 0.2) is 0 Å². The van der Waals surface area contributed by atoms with Gasteiger partial charge in [0.25, 0.3) is 0 Å². The summed E-state index contributed by atoms with van der Waals surface area (Å²) >= 11 is 0. The van der Waals surface area contributed by atoms with Gasteiger partial charge in [-0.25, -0.2) is 8.42 Å². The lowest BCUT2D eigenvalue weighted by Gasteiger charge is -2.21. The van der Waals surface area contributed by atoms with Gasteiger partial charge in [0, 0.05) is 25.1 Å². The van der Waals surface area contributed by atoms with Gasteiger partial charge in [-0.3, -0.25) is 9.48 Å². The van der Waals surface area contributed by atoms with Crippen LogP contribution in [0.2, 0.25) is 0 Å². The molecule has 8 heteroatoms. The summed E-state index contributed by atoms with van der Waals surface area (Å²) in [5.41, 5.74) is 0.704. The van der Waals surface area contributed by atoms with Crippen molar-refractivity contribution in [3.8, 4) is 0 Å². The van der Waals surface area contributed by atoms with E-state index in [1.807, 2.05) is 33.8 Å². The largest absolute Gasteiger partial charge is 0.310 e. The zero-order chi connectivity index (χ0) is 20.9.